The lowest BCUT2D eigenvalue weighted by Gasteiger charge is -2.36. The summed E-state index contributed by atoms with van der Waals surface area (Å²) in [7, 11) is -2.30. The van der Waals surface area contributed by atoms with Crippen molar-refractivity contribution in [2.24, 2.45) is 0 Å². The van der Waals surface area contributed by atoms with Gasteiger partial charge >= 0.3 is 11.9 Å². The van der Waals surface area contributed by atoms with Gasteiger partial charge in [0.25, 0.3) is 0 Å². The number of fused-ring (bicyclic) bond motifs is 1. The summed E-state index contributed by atoms with van der Waals surface area (Å²) in [5.41, 5.74) is 3.40. The average Bonchev–Trinajstić information content (AvgIpc) is 3.33. The minimum Gasteiger partial charge on any atom is -0.464 e. The number of nitrogens with one attached hydrogen (secondary N) is 2. The summed E-state index contributed by atoms with van der Waals surface area (Å²) in [5.74, 6) is -0.952. The highest BCUT2D eigenvalue weighted by Gasteiger charge is 2.43. The highest BCUT2D eigenvalue weighted by molar-refractivity contribution is 7.59. The van der Waals surface area contributed by atoms with E-state index in [0.29, 0.717) is 17.7 Å². The van der Waals surface area contributed by atoms with E-state index >= 15 is 0 Å². The number of esters is 2. The fourth-order valence-electron chi connectivity index (χ4n) is 4.03. The third kappa shape index (κ3) is 11.1. The second-order valence-corrected chi connectivity index (χ2v) is 14.6. The molecular weight excluding hydrogens is 577 g/mol. The zero-order valence-corrected chi connectivity index (χ0v) is 28.0. The molecule has 4 N–H and O–H groups in total. The van der Waals surface area contributed by atoms with Crippen LogP contribution in [0.3, 0.4) is 0 Å². The first-order valence-corrected chi connectivity index (χ1v) is 16.4. The molecule has 0 radical (unpaired) electrons. The van der Waals surface area contributed by atoms with Crippen molar-refractivity contribution in [3.8, 4) is 0 Å². The van der Waals surface area contributed by atoms with Crippen molar-refractivity contribution in [2.75, 3.05) is 32.4 Å². The van der Waals surface area contributed by atoms with E-state index in [-0.39, 0.29) is 25.4 Å². The van der Waals surface area contributed by atoms with E-state index < -0.39 is 42.2 Å². The van der Waals surface area contributed by atoms with Gasteiger partial charge in [-0.2, -0.15) is 0 Å². The van der Waals surface area contributed by atoms with E-state index in [1.54, 1.807) is 59.4 Å². The Balaban J connectivity index is 2.20. The monoisotopic (exact) mass is 627 g/mol. The van der Waals surface area contributed by atoms with Crippen molar-refractivity contribution in [3.63, 3.8) is 0 Å². The molecule has 2 heterocycles. The number of anilines is 1. The Hall–Kier alpha value is -2.64. The first kappa shape index (κ1) is 36.6. The van der Waals surface area contributed by atoms with Crippen molar-refractivity contribution < 1.29 is 33.1 Å². The van der Waals surface area contributed by atoms with Gasteiger partial charge in [-0.25, -0.2) is 25.1 Å². The maximum absolute atomic E-state index is 14.4. The second kappa shape index (κ2) is 15.4. The van der Waals surface area contributed by atoms with Crippen LogP contribution in [-0.4, -0.2) is 80.9 Å². The lowest BCUT2D eigenvalue weighted by molar-refractivity contribution is -0.157. The Labute approximate surface area is 254 Å². The zero-order valence-electron chi connectivity index (χ0n) is 27.1. The van der Waals surface area contributed by atoms with Gasteiger partial charge in [-0.3, -0.25) is 14.2 Å². The Morgan fingerprint density at radius 1 is 1.00 bits per heavy atom. The van der Waals surface area contributed by atoms with E-state index in [0.717, 1.165) is 25.7 Å². The lowest BCUT2D eigenvalue weighted by atomic mass is 10.1. The van der Waals surface area contributed by atoms with E-state index in [1.165, 1.54) is 13.4 Å². The normalized spacial score (nSPS) is 14.8. The van der Waals surface area contributed by atoms with Crippen molar-refractivity contribution >= 4 is 36.4 Å². The predicted molar refractivity (Wildman–Crippen MR) is 164 cm³/mol. The number of hydrogen-bond donors (Lipinski definition) is 3. The molecule has 14 nitrogen and oxygen atoms in total. The molecule has 2 atom stereocenters. The fraction of sp³-hybridized carbons (Fsp3) is 0.750. The first-order chi connectivity index (χ1) is 20.0. The summed E-state index contributed by atoms with van der Waals surface area (Å²) >= 11 is 0. The van der Waals surface area contributed by atoms with Gasteiger partial charge in [0.1, 0.15) is 35.9 Å². The standard InChI is InChI=1S/C28H50N7O7P/c1-10-11-12-13-14-40-24(36)27(5,6)33-43(38,34-28(7,8)25(37)41-16-26(3,4)39-9)19-42-20(2)15-35-18-32-21-22(29)30-17-31-23(21)35/h17-18,20H,10-16,19H2,1-9H3,(H2,29,30,31)(H2,33,34,38)/t20-,43?/m1/s1. The molecule has 0 aromatic carbocycles. The molecule has 2 aromatic heterocycles. The van der Waals surface area contributed by atoms with Crippen molar-refractivity contribution in [3.05, 3.63) is 12.7 Å². The summed E-state index contributed by atoms with van der Waals surface area (Å²) in [6.45, 7) is 14.3. The number of nitrogens with zero attached hydrogens (tertiary/aromatic N) is 4. The number of nitrogens with two attached hydrogens (primary N) is 1. The quantitative estimate of drug-likeness (QED) is 0.116. The molecule has 15 heteroatoms. The molecule has 1 unspecified atom stereocenters. The molecule has 0 aliphatic rings. The maximum atomic E-state index is 14.4. The van der Waals surface area contributed by atoms with Crippen LogP contribution >= 0.6 is 7.44 Å². The van der Waals surface area contributed by atoms with Crippen LogP contribution in [0, 0.1) is 0 Å². The van der Waals surface area contributed by atoms with Crippen LogP contribution in [0.1, 0.15) is 81.1 Å². The number of nitrogen functional groups attached to an aromatic ring is 1. The molecule has 0 aliphatic carbocycles. The Bertz CT molecular complexity index is 1270. The number of rotatable bonds is 19. The molecule has 0 saturated carbocycles. The number of methoxy groups -OCH3 is 1. The number of carbonyl (C=O) groups excluding carboxylic acids is 2. The number of unbranched alkanes of at least 4 members (excludes halogenated alkanes) is 3. The van der Waals surface area contributed by atoms with Crippen molar-refractivity contribution in [2.45, 2.75) is 110 Å². The summed E-state index contributed by atoms with van der Waals surface area (Å²) in [5, 5.41) is 5.83. The van der Waals surface area contributed by atoms with E-state index in [1.807, 2.05) is 0 Å². The topological polar surface area (TPSA) is 182 Å². The van der Waals surface area contributed by atoms with Gasteiger partial charge in [0.05, 0.1) is 31.2 Å². The molecule has 244 valence electrons. The molecule has 0 saturated heterocycles. The van der Waals surface area contributed by atoms with Gasteiger partial charge in [-0.15, -0.1) is 0 Å². The summed E-state index contributed by atoms with van der Waals surface area (Å²) in [6.07, 6.45) is 5.90. The van der Waals surface area contributed by atoms with Gasteiger partial charge < -0.3 is 29.2 Å². The van der Waals surface area contributed by atoms with Crippen LogP contribution in [0.5, 0.6) is 0 Å². The summed E-state index contributed by atoms with van der Waals surface area (Å²) < 4.78 is 38.5. The van der Waals surface area contributed by atoms with Crippen molar-refractivity contribution in [1.82, 2.24) is 29.7 Å². The third-order valence-electron chi connectivity index (χ3n) is 6.70. The van der Waals surface area contributed by atoms with Gasteiger partial charge in [-0.1, -0.05) is 26.2 Å². The molecule has 0 bridgehead atoms. The highest BCUT2D eigenvalue weighted by atomic mass is 31.2. The van der Waals surface area contributed by atoms with Crippen LogP contribution in [-0.2, 0) is 39.6 Å². The van der Waals surface area contributed by atoms with E-state index in [9.17, 15) is 14.2 Å². The number of aromatic nitrogens is 4. The Morgan fingerprint density at radius 2 is 1.63 bits per heavy atom. The second-order valence-electron chi connectivity index (χ2n) is 12.4. The SMILES string of the molecule is CCCCCCOC(=O)C(C)(C)NP(=O)(CO[C@H](C)Cn1cnc2c(N)ncnc21)NC(C)(C)C(=O)OCC(C)(C)OC. The Morgan fingerprint density at radius 3 is 2.23 bits per heavy atom. The van der Waals surface area contributed by atoms with Crippen LogP contribution in [0.4, 0.5) is 5.82 Å². The molecule has 2 aromatic rings. The minimum atomic E-state index is -3.82. The fourth-order valence-corrected chi connectivity index (χ4v) is 6.67. The number of imidazole rings is 1. The smallest absolute Gasteiger partial charge is 0.326 e. The number of carbonyl (C=O) groups is 2. The lowest BCUT2D eigenvalue weighted by Crippen LogP contribution is -2.54. The number of hydrogen-bond acceptors (Lipinski definition) is 11. The molecule has 0 spiro atoms. The third-order valence-corrected chi connectivity index (χ3v) is 9.05. The predicted octanol–water partition coefficient (Wildman–Crippen LogP) is 3.79. The minimum absolute atomic E-state index is 0.0124. The average molecular weight is 628 g/mol. The van der Waals surface area contributed by atoms with E-state index in [4.69, 9.17) is 24.7 Å². The van der Waals surface area contributed by atoms with Crippen molar-refractivity contribution in [1.29, 1.82) is 0 Å². The van der Waals surface area contributed by atoms with Crippen LogP contribution < -0.4 is 15.9 Å². The molecule has 43 heavy (non-hydrogen) atoms. The zero-order chi connectivity index (χ0) is 32.5. The molecular formula is C28H50N7O7P. The molecule has 0 aliphatic heterocycles. The van der Waals surface area contributed by atoms with Crippen LogP contribution in [0.2, 0.25) is 0 Å². The van der Waals surface area contributed by atoms with Gasteiger partial charge in [-0.05, 0) is 54.9 Å². The summed E-state index contributed by atoms with van der Waals surface area (Å²) in [6, 6.07) is 0. The summed E-state index contributed by atoms with van der Waals surface area (Å²) in [4.78, 5) is 38.5. The number of ether oxygens (including phenoxy) is 4. The van der Waals surface area contributed by atoms with E-state index in [2.05, 4.69) is 32.1 Å². The van der Waals surface area contributed by atoms with Gasteiger partial charge in [0, 0.05) is 7.11 Å². The Kier molecular flexibility index (Phi) is 13.1. The molecule has 0 fully saturated rings. The largest absolute Gasteiger partial charge is 0.464 e. The van der Waals surface area contributed by atoms with Gasteiger partial charge in [0.15, 0.2) is 11.5 Å². The maximum Gasteiger partial charge on any atom is 0.326 e. The molecule has 2 rings (SSSR count). The van der Waals surface area contributed by atoms with Crippen LogP contribution in [0.25, 0.3) is 11.2 Å². The molecule has 0 amide bonds. The van der Waals surface area contributed by atoms with Crippen LogP contribution in [0.15, 0.2) is 12.7 Å². The highest BCUT2D eigenvalue weighted by Crippen LogP contribution is 2.42. The van der Waals surface area contributed by atoms with Gasteiger partial charge in [0.2, 0.25) is 7.44 Å². The first-order valence-electron chi connectivity index (χ1n) is 14.6.